The number of benzene rings is 1. The predicted molar refractivity (Wildman–Crippen MR) is 94.1 cm³/mol. The predicted octanol–water partition coefficient (Wildman–Crippen LogP) is 2.15. The van der Waals surface area contributed by atoms with Crippen molar-refractivity contribution in [2.75, 3.05) is 47.0 Å². The topological polar surface area (TPSA) is 55.1 Å². The van der Waals surface area contributed by atoms with Gasteiger partial charge in [-0.15, -0.1) is 0 Å². The normalized spacial score (nSPS) is 24.4. The number of ether oxygens (including phenoxy) is 2. The van der Waals surface area contributed by atoms with Crippen molar-refractivity contribution in [2.24, 2.45) is 5.92 Å². The van der Waals surface area contributed by atoms with Gasteiger partial charge in [0.15, 0.2) is 5.76 Å². The Morgan fingerprint density at radius 1 is 1.24 bits per heavy atom. The molecule has 2 atom stereocenters. The highest BCUT2D eigenvalue weighted by Gasteiger charge is 2.36. The van der Waals surface area contributed by atoms with Crippen molar-refractivity contribution in [3.8, 4) is 5.75 Å². The van der Waals surface area contributed by atoms with Crippen LogP contribution in [0.3, 0.4) is 0 Å². The molecule has 6 nitrogen and oxygen atoms in total. The van der Waals surface area contributed by atoms with E-state index < -0.39 is 0 Å². The number of carbonyl (C=O) groups excluding carboxylic acids is 1. The molecule has 25 heavy (non-hydrogen) atoms. The molecule has 1 aromatic carbocycles. The molecule has 0 aliphatic carbocycles. The lowest BCUT2D eigenvalue weighted by Crippen LogP contribution is -2.46. The van der Waals surface area contributed by atoms with E-state index in [4.69, 9.17) is 13.9 Å². The van der Waals surface area contributed by atoms with E-state index in [2.05, 4.69) is 11.9 Å². The molecule has 2 aliphatic rings. The number of rotatable bonds is 2. The van der Waals surface area contributed by atoms with Gasteiger partial charge < -0.3 is 23.7 Å². The van der Waals surface area contributed by atoms with Crippen LogP contribution in [0.1, 0.15) is 16.1 Å². The Morgan fingerprint density at radius 2 is 2.08 bits per heavy atom. The van der Waals surface area contributed by atoms with Gasteiger partial charge in [0, 0.05) is 42.6 Å². The maximum Gasteiger partial charge on any atom is 0.290 e. The molecule has 134 valence electrons. The number of hydrogen-bond acceptors (Lipinski definition) is 5. The third kappa shape index (κ3) is 2.89. The van der Waals surface area contributed by atoms with Crippen LogP contribution < -0.4 is 4.74 Å². The molecule has 6 heteroatoms. The van der Waals surface area contributed by atoms with Crippen molar-refractivity contribution in [3.63, 3.8) is 0 Å². The van der Waals surface area contributed by atoms with Crippen molar-refractivity contribution >= 4 is 16.9 Å². The number of likely N-dealkylation sites (N-methyl/N-ethyl adjacent to an activating group) is 1. The molecule has 3 heterocycles. The van der Waals surface area contributed by atoms with Gasteiger partial charge in [0.2, 0.25) is 0 Å². The highest BCUT2D eigenvalue weighted by atomic mass is 16.5. The number of carbonyl (C=O) groups is 1. The number of amides is 1. The van der Waals surface area contributed by atoms with Crippen molar-refractivity contribution in [2.45, 2.75) is 13.0 Å². The Hall–Kier alpha value is -2.05. The van der Waals surface area contributed by atoms with Gasteiger partial charge in [-0.05, 0) is 26.1 Å². The van der Waals surface area contributed by atoms with Crippen LogP contribution in [-0.4, -0.2) is 68.8 Å². The van der Waals surface area contributed by atoms with Gasteiger partial charge in [-0.1, -0.05) is 0 Å². The zero-order valence-electron chi connectivity index (χ0n) is 14.9. The minimum Gasteiger partial charge on any atom is -0.497 e. The summed E-state index contributed by atoms with van der Waals surface area (Å²) in [6.07, 6.45) is 0. The van der Waals surface area contributed by atoms with E-state index in [1.54, 1.807) is 7.11 Å². The van der Waals surface area contributed by atoms with Gasteiger partial charge in [-0.2, -0.15) is 0 Å². The maximum absolute atomic E-state index is 13.3. The molecule has 2 aromatic rings. The molecule has 0 unspecified atom stereocenters. The van der Waals surface area contributed by atoms with E-state index in [0.717, 1.165) is 29.8 Å². The van der Waals surface area contributed by atoms with E-state index in [9.17, 15) is 4.79 Å². The summed E-state index contributed by atoms with van der Waals surface area (Å²) in [4.78, 5) is 17.5. The summed E-state index contributed by atoms with van der Waals surface area (Å²) >= 11 is 0. The lowest BCUT2D eigenvalue weighted by molar-refractivity contribution is 0.0467. The third-order valence-electron chi connectivity index (χ3n) is 5.25. The fourth-order valence-corrected chi connectivity index (χ4v) is 3.99. The molecule has 0 radical (unpaired) electrons. The van der Waals surface area contributed by atoms with Crippen LogP contribution in [0, 0.1) is 12.8 Å². The van der Waals surface area contributed by atoms with Crippen LogP contribution in [0.25, 0.3) is 11.0 Å². The van der Waals surface area contributed by atoms with Crippen LogP contribution in [0.5, 0.6) is 5.75 Å². The molecular formula is C19H24N2O4. The lowest BCUT2D eigenvalue weighted by Gasteiger charge is -2.29. The second kappa shape index (κ2) is 6.35. The monoisotopic (exact) mass is 344 g/mol. The van der Waals surface area contributed by atoms with E-state index >= 15 is 0 Å². The first kappa shape index (κ1) is 16.4. The van der Waals surface area contributed by atoms with E-state index in [1.165, 1.54) is 0 Å². The van der Waals surface area contributed by atoms with Crippen molar-refractivity contribution in [3.05, 3.63) is 29.5 Å². The van der Waals surface area contributed by atoms with Gasteiger partial charge in [-0.25, -0.2) is 0 Å². The summed E-state index contributed by atoms with van der Waals surface area (Å²) in [6.45, 7) is 5.73. The smallest absolute Gasteiger partial charge is 0.290 e. The van der Waals surface area contributed by atoms with E-state index in [-0.39, 0.29) is 11.9 Å². The number of hydrogen-bond donors (Lipinski definition) is 0. The Labute approximate surface area is 147 Å². The quantitative estimate of drug-likeness (QED) is 0.836. The summed E-state index contributed by atoms with van der Waals surface area (Å²) in [5.41, 5.74) is 1.57. The third-order valence-corrected chi connectivity index (χ3v) is 5.25. The highest BCUT2D eigenvalue weighted by Crippen LogP contribution is 2.30. The number of fused-ring (bicyclic) bond motifs is 4. The first-order chi connectivity index (χ1) is 12.1. The molecule has 2 bridgehead atoms. The first-order valence-electron chi connectivity index (χ1n) is 8.71. The SMILES string of the molecule is COc1ccc2c(C)c(C(=O)N3C[C@H]4COC[C@@H]3CN(C)C4)oc2c1. The minimum absolute atomic E-state index is 0.0385. The molecule has 4 rings (SSSR count). The molecular weight excluding hydrogens is 320 g/mol. The molecule has 0 N–H and O–H groups in total. The Kier molecular flexibility index (Phi) is 4.17. The van der Waals surface area contributed by atoms with Crippen molar-refractivity contribution < 1.29 is 18.7 Å². The van der Waals surface area contributed by atoms with Crippen LogP contribution >= 0.6 is 0 Å². The summed E-state index contributed by atoms with van der Waals surface area (Å²) in [6, 6.07) is 5.73. The van der Waals surface area contributed by atoms with Crippen molar-refractivity contribution in [1.29, 1.82) is 0 Å². The fraction of sp³-hybridized carbons (Fsp3) is 0.526. The zero-order valence-corrected chi connectivity index (χ0v) is 14.9. The van der Waals surface area contributed by atoms with Crippen LogP contribution in [0.4, 0.5) is 0 Å². The molecule has 1 amide bonds. The van der Waals surface area contributed by atoms with Gasteiger partial charge in [-0.3, -0.25) is 4.79 Å². The second-order valence-corrected chi connectivity index (χ2v) is 7.15. The average molecular weight is 344 g/mol. The lowest BCUT2D eigenvalue weighted by atomic mass is 10.1. The number of aryl methyl sites for hydroxylation is 1. The van der Waals surface area contributed by atoms with Crippen LogP contribution in [0.2, 0.25) is 0 Å². The Morgan fingerprint density at radius 3 is 2.88 bits per heavy atom. The number of methoxy groups -OCH3 is 1. The maximum atomic E-state index is 13.3. The summed E-state index contributed by atoms with van der Waals surface area (Å²) in [5.74, 6) is 1.45. The van der Waals surface area contributed by atoms with Gasteiger partial charge >= 0.3 is 0 Å². The summed E-state index contributed by atoms with van der Waals surface area (Å²) in [7, 11) is 3.73. The molecule has 0 spiro atoms. The second-order valence-electron chi connectivity index (χ2n) is 7.15. The molecule has 2 saturated heterocycles. The first-order valence-corrected chi connectivity index (χ1v) is 8.71. The molecule has 1 aromatic heterocycles. The number of furan rings is 1. The summed E-state index contributed by atoms with van der Waals surface area (Å²) in [5, 5.41) is 0.954. The van der Waals surface area contributed by atoms with Gasteiger partial charge in [0.1, 0.15) is 11.3 Å². The molecule has 2 fully saturated rings. The molecule has 2 aliphatic heterocycles. The number of nitrogens with zero attached hydrogens (tertiary/aromatic N) is 2. The van der Waals surface area contributed by atoms with Crippen LogP contribution in [0.15, 0.2) is 22.6 Å². The molecule has 0 saturated carbocycles. The highest BCUT2D eigenvalue weighted by molar-refractivity contribution is 5.99. The van der Waals surface area contributed by atoms with Gasteiger partial charge in [0.05, 0.1) is 26.4 Å². The Bertz CT molecular complexity index is 800. The van der Waals surface area contributed by atoms with E-state index in [1.807, 2.05) is 30.0 Å². The zero-order chi connectivity index (χ0) is 17.6. The minimum atomic E-state index is -0.0385. The fourth-order valence-electron chi connectivity index (χ4n) is 3.99. The standard InChI is InChI=1S/C19H24N2O4/c1-12-16-5-4-15(23-3)6-17(16)25-18(12)19(22)21-8-13-7-20(2)9-14(21)11-24-10-13/h4-6,13-14H,7-11H2,1-3H3/t13-,14-/m0/s1. The van der Waals surface area contributed by atoms with Crippen molar-refractivity contribution in [1.82, 2.24) is 9.80 Å². The van der Waals surface area contributed by atoms with Crippen LogP contribution in [-0.2, 0) is 4.74 Å². The largest absolute Gasteiger partial charge is 0.497 e. The summed E-state index contributed by atoms with van der Waals surface area (Å²) < 4.78 is 17.0. The van der Waals surface area contributed by atoms with E-state index in [0.29, 0.717) is 37.0 Å². The van der Waals surface area contributed by atoms with Gasteiger partial charge in [0.25, 0.3) is 5.91 Å². The average Bonchev–Trinajstić information content (AvgIpc) is 2.72. The Balaban J connectivity index is 1.70.